The molecule has 0 aliphatic rings. The number of rotatable bonds is 3. The lowest BCUT2D eigenvalue weighted by Crippen LogP contribution is -2.02. The topological polar surface area (TPSA) is 77.0 Å². The van der Waals surface area contributed by atoms with Crippen molar-refractivity contribution in [1.29, 1.82) is 0 Å². The summed E-state index contributed by atoms with van der Waals surface area (Å²) in [5.74, 6) is 0.576. The second-order valence-corrected chi connectivity index (χ2v) is 1.79. The molecule has 1 rings (SSSR count). The smallest absolute Gasteiger partial charge is 0.315 e. The number of nitrogens with zero attached hydrogens (tertiary/aromatic N) is 2. The minimum atomic E-state index is 0.434. The van der Waals surface area contributed by atoms with Gasteiger partial charge in [-0.1, -0.05) is 5.10 Å². The molecule has 10 heavy (non-hydrogen) atoms. The molecular formula is C5H10N4O. The summed E-state index contributed by atoms with van der Waals surface area (Å²) in [6.07, 6.45) is 0.634. The molecule has 5 nitrogen and oxygen atoms in total. The van der Waals surface area contributed by atoms with Crippen molar-refractivity contribution in [3.05, 3.63) is 5.89 Å². The molecule has 0 saturated heterocycles. The molecule has 0 aromatic carbocycles. The molecule has 0 saturated carbocycles. The summed E-state index contributed by atoms with van der Waals surface area (Å²) >= 11 is 0. The first kappa shape index (κ1) is 7.01. The quantitative estimate of drug-likeness (QED) is 0.601. The van der Waals surface area contributed by atoms with E-state index < -0.39 is 0 Å². The van der Waals surface area contributed by atoms with Crippen molar-refractivity contribution >= 4 is 6.01 Å². The Labute approximate surface area is 58.6 Å². The minimum Gasteiger partial charge on any atom is -0.408 e. The first-order valence-corrected chi connectivity index (χ1v) is 3.07. The Balaban J connectivity index is 2.59. The molecule has 0 spiro atoms. The Bertz CT molecular complexity index is 197. The largest absolute Gasteiger partial charge is 0.408 e. The van der Waals surface area contributed by atoms with Crippen molar-refractivity contribution in [3.63, 3.8) is 0 Å². The number of aromatic nitrogens is 2. The second kappa shape index (κ2) is 3.17. The average molecular weight is 142 g/mol. The molecule has 0 fully saturated rings. The van der Waals surface area contributed by atoms with Crippen LogP contribution in [0, 0.1) is 0 Å². The third-order valence-corrected chi connectivity index (χ3v) is 1.04. The highest BCUT2D eigenvalue weighted by Gasteiger charge is 2.00. The molecule has 1 aromatic heterocycles. The molecule has 1 heterocycles. The van der Waals surface area contributed by atoms with Crippen LogP contribution in [0.25, 0.3) is 0 Å². The van der Waals surface area contributed by atoms with Crippen LogP contribution >= 0.6 is 0 Å². The second-order valence-electron chi connectivity index (χ2n) is 1.79. The van der Waals surface area contributed by atoms with Gasteiger partial charge in [-0.15, -0.1) is 5.10 Å². The SMILES string of the molecule is CNc1nnc(CCN)o1. The van der Waals surface area contributed by atoms with E-state index in [-0.39, 0.29) is 0 Å². The van der Waals surface area contributed by atoms with Gasteiger partial charge < -0.3 is 15.5 Å². The van der Waals surface area contributed by atoms with Gasteiger partial charge in [0.1, 0.15) is 0 Å². The molecule has 0 radical (unpaired) electrons. The van der Waals surface area contributed by atoms with Crippen LogP contribution in [0.5, 0.6) is 0 Å². The highest BCUT2D eigenvalue weighted by molar-refractivity contribution is 5.14. The Kier molecular flexibility index (Phi) is 2.22. The zero-order valence-electron chi connectivity index (χ0n) is 5.79. The van der Waals surface area contributed by atoms with Crippen LogP contribution in [-0.2, 0) is 6.42 Å². The van der Waals surface area contributed by atoms with Crippen molar-refractivity contribution in [3.8, 4) is 0 Å². The van der Waals surface area contributed by atoms with E-state index in [9.17, 15) is 0 Å². The minimum absolute atomic E-state index is 0.434. The monoisotopic (exact) mass is 142 g/mol. The van der Waals surface area contributed by atoms with Crippen molar-refractivity contribution in [2.24, 2.45) is 5.73 Å². The van der Waals surface area contributed by atoms with Crippen molar-refractivity contribution < 1.29 is 4.42 Å². The Morgan fingerprint density at radius 1 is 1.60 bits per heavy atom. The van der Waals surface area contributed by atoms with Gasteiger partial charge in [0, 0.05) is 20.0 Å². The van der Waals surface area contributed by atoms with E-state index in [0.29, 0.717) is 24.9 Å². The predicted octanol–water partition coefficient (Wildman–Crippen LogP) is -0.388. The van der Waals surface area contributed by atoms with Crippen molar-refractivity contribution in [2.75, 3.05) is 18.9 Å². The predicted molar refractivity (Wildman–Crippen MR) is 36.6 cm³/mol. The van der Waals surface area contributed by atoms with Crippen LogP contribution in [0.1, 0.15) is 5.89 Å². The van der Waals surface area contributed by atoms with Gasteiger partial charge in [0.05, 0.1) is 0 Å². The third-order valence-electron chi connectivity index (χ3n) is 1.04. The number of hydrogen-bond acceptors (Lipinski definition) is 5. The molecule has 3 N–H and O–H groups in total. The molecule has 0 bridgehead atoms. The molecule has 0 amide bonds. The van der Waals surface area contributed by atoms with E-state index in [0.717, 1.165) is 0 Å². The van der Waals surface area contributed by atoms with Crippen LogP contribution in [0.3, 0.4) is 0 Å². The van der Waals surface area contributed by atoms with E-state index >= 15 is 0 Å². The molecule has 0 unspecified atom stereocenters. The lowest BCUT2D eigenvalue weighted by molar-refractivity contribution is 0.508. The number of hydrogen-bond donors (Lipinski definition) is 2. The number of nitrogens with one attached hydrogen (secondary N) is 1. The van der Waals surface area contributed by atoms with Crippen LogP contribution in [0.2, 0.25) is 0 Å². The van der Waals surface area contributed by atoms with Gasteiger partial charge in [0.15, 0.2) is 0 Å². The van der Waals surface area contributed by atoms with Gasteiger partial charge in [-0.25, -0.2) is 0 Å². The number of nitrogens with two attached hydrogens (primary N) is 1. The summed E-state index contributed by atoms with van der Waals surface area (Å²) in [5, 5.41) is 10.1. The molecule has 0 atom stereocenters. The van der Waals surface area contributed by atoms with Gasteiger partial charge in [-0.2, -0.15) is 0 Å². The van der Waals surface area contributed by atoms with Crippen LogP contribution in [0.15, 0.2) is 4.42 Å². The van der Waals surface area contributed by atoms with Crippen molar-refractivity contribution in [2.45, 2.75) is 6.42 Å². The maximum absolute atomic E-state index is 5.26. The fourth-order valence-corrected chi connectivity index (χ4v) is 0.579. The molecule has 56 valence electrons. The van der Waals surface area contributed by atoms with Gasteiger partial charge in [-0.3, -0.25) is 0 Å². The lowest BCUT2D eigenvalue weighted by Gasteiger charge is -1.87. The molecule has 0 aliphatic heterocycles. The lowest BCUT2D eigenvalue weighted by atomic mass is 10.4. The van der Waals surface area contributed by atoms with Crippen molar-refractivity contribution in [1.82, 2.24) is 10.2 Å². The average Bonchev–Trinajstić information content (AvgIpc) is 2.37. The normalized spacial score (nSPS) is 9.80. The summed E-state index contributed by atoms with van der Waals surface area (Å²) in [4.78, 5) is 0. The Hall–Kier alpha value is -1.10. The van der Waals surface area contributed by atoms with Crippen LogP contribution in [0.4, 0.5) is 6.01 Å². The van der Waals surface area contributed by atoms with E-state index in [4.69, 9.17) is 10.2 Å². The maximum atomic E-state index is 5.26. The maximum Gasteiger partial charge on any atom is 0.315 e. The first-order chi connectivity index (χ1) is 4.86. The van der Waals surface area contributed by atoms with Gasteiger partial charge in [-0.05, 0) is 0 Å². The highest BCUT2D eigenvalue weighted by atomic mass is 16.4. The fraction of sp³-hybridized carbons (Fsp3) is 0.600. The number of anilines is 1. The molecular weight excluding hydrogens is 132 g/mol. The highest BCUT2D eigenvalue weighted by Crippen LogP contribution is 2.02. The zero-order chi connectivity index (χ0) is 7.40. The summed E-state index contributed by atoms with van der Waals surface area (Å²) in [6.45, 7) is 0.533. The molecule has 5 heteroatoms. The molecule has 0 aliphatic carbocycles. The summed E-state index contributed by atoms with van der Waals surface area (Å²) in [7, 11) is 1.72. The summed E-state index contributed by atoms with van der Waals surface area (Å²) < 4.78 is 5.06. The van der Waals surface area contributed by atoms with E-state index in [1.165, 1.54) is 0 Å². The summed E-state index contributed by atoms with van der Waals surface area (Å²) in [6, 6.07) is 0.434. The standard InChI is InChI=1S/C5H10N4O/c1-7-5-9-8-4(10-5)2-3-6/h2-3,6H2,1H3,(H,7,9). The third kappa shape index (κ3) is 1.44. The summed E-state index contributed by atoms with van der Waals surface area (Å²) in [5.41, 5.74) is 5.26. The zero-order valence-corrected chi connectivity index (χ0v) is 5.79. The van der Waals surface area contributed by atoms with Crippen LogP contribution < -0.4 is 11.1 Å². The van der Waals surface area contributed by atoms with Crippen LogP contribution in [-0.4, -0.2) is 23.8 Å². The van der Waals surface area contributed by atoms with E-state index in [1.54, 1.807) is 7.05 Å². The fourth-order valence-electron chi connectivity index (χ4n) is 0.579. The van der Waals surface area contributed by atoms with Gasteiger partial charge in [0.2, 0.25) is 5.89 Å². The Morgan fingerprint density at radius 3 is 2.90 bits per heavy atom. The van der Waals surface area contributed by atoms with E-state index in [1.807, 2.05) is 0 Å². The Morgan fingerprint density at radius 2 is 2.40 bits per heavy atom. The van der Waals surface area contributed by atoms with Gasteiger partial charge >= 0.3 is 6.01 Å². The van der Waals surface area contributed by atoms with Gasteiger partial charge in [0.25, 0.3) is 0 Å². The van der Waals surface area contributed by atoms with E-state index in [2.05, 4.69) is 15.5 Å². The molecule has 1 aromatic rings. The first-order valence-electron chi connectivity index (χ1n) is 3.07.